The van der Waals surface area contributed by atoms with Crippen LogP contribution < -0.4 is 32.0 Å². The number of methoxy groups -OCH3 is 1. The van der Waals surface area contributed by atoms with E-state index in [1.807, 2.05) is 0 Å². The van der Waals surface area contributed by atoms with E-state index in [1.165, 1.54) is 19.3 Å². The Hall–Kier alpha value is -4.54. The number of hydrogen-bond acceptors (Lipinski definition) is 7. The third-order valence-electron chi connectivity index (χ3n) is 5.33. The van der Waals surface area contributed by atoms with E-state index in [4.69, 9.17) is 9.47 Å². The molecule has 1 aliphatic heterocycles. The number of aromatic hydroxyl groups is 1. The first-order chi connectivity index (χ1) is 15.8. The summed E-state index contributed by atoms with van der Waals surface area (Å²) < 4.78 is 12.9. The van der Waals surface area contributed by atoms with Gasteiger partial charge in [-0.15, -0.1) is 13.2 Å². The van der Waals surface area contributed by atoms with Gasteiger partial charge in [0.25, 0.3) is 11.1 Å². The molecule has 1 aromatic carbocycles. The number of benzene rings is 1. The maximum atomic E-state index is 13.4. The third kappa shape index (κ3) is 3.39. The molecule has 11 nitrogen and oxygen atoms in total. The molecule has 0 fully saturated rings. The van der Waals surface area contributed by atoms with E-state index in [2.05, 4.69) is 23.1 Å². The van der Waals surface area contributed by atoms with Gasteiger partial charge in [0.2, 0.25) is 11.8 Å². The van der Waals surface area contributed by atoms with Gasteiger partial charge in [0.05, 0.1) is 24.2 Å². The molecular weight excluding hydrogens is 432 g/mol. The number of nitrogens with zero attached hydrogens (tertiary/aromatic N) is 2. The van der Waals surface area contributed by atoms with Crippen LogP contribution in [0.5, 0.6) is 23.3 Å². The molecule has 0 radical (unpaired) electrons. The molecule has 1 unspecified atom stereocenters. The average Bonchev–Trinajstić information content (AvgIpc) is 2.78. The first kappa shape index (κ1) is 21.7. The van der Waals surface area contributed by atoms with Gasteiger partial charge in [0.1, 0.15) is 11.5 Å². The number of fused-ring (bicyclic) bond motifs is 2. The Morgan fingerprint density at radius 1 is 1.06 bits per heavy atom. The van der Waals surface area contributed by atoms with Gasteiger partial charge in [-0.25, -0.2) is 9.59 Å². The number of ether oxygens (including phenoxy) is 2. The lowest BCUT2D eigenvalue weighted by atomic mass is 9.84. The largest absolute Gasteiger partial charge is 0.497 e. The summed E-state index contributed by atoms with van der Waals surface area (Å²) in [6.07, 6.45) is 2.74. The van der Waals surface area contributed by atoms with Crippen LogP contribution in [0, 0.1) is 0 Å². The zero-order valence-electron chi connectivity index (χ0n) is 17.6. The van der Waals surface area contributed by atoms with E-state index in [1.54, 1.807) is 18.2 Å². The van der Waals surface area contributed by atoms with Crippen molar-refractivity contribution in [3.05, 3.63) is 102 Å². The Morgan fingerprint density at radius 3 is 2.39 bits per heavy atom. The number of hydrogen-bond donors (Lipinski definition) is 3. The second-order valence-corrected chi connectivity index (χ2v) is 7.21. The normalized spacial score (nSPS) is 14.0. The van der Waals surface area contributed by atoms with E-state index in [0.717, 1.165) is 9.13 Å². The van der Waals surface area contributed by atoms with Crippen LogP contribution in [0.3, 0.4) is 0 Å². The molecule has 0 amide bonds. The van der Waals surface area contributed by atoms with Crippen molar-refractivity contribution in [2.45, 2.75) is 19.0 Å². The molecule has 2 aromatic heterocycles. The van der Waals surface area contributed by atoms with Crippen molar-refractivity contribution < 1.29 is 14.6 Å². The van der Waals surface area contributed by atoms with E-state index >= 15 is 0 Å². The number of nitrogens with one attached hydrogen (secondary N) is 2. The monoisotopic (exact) mass is 452 g/mol. The molecule has 3 heterocycles. The van der Waals surface area contributed by atoms with Crippen LogP contribution in [-0.2, 0) is 13.1 Å². The number of rotatable bonds is 6. The summed E-state index contributed by atoms with van der Waals surface area (Å²) in [5.74, 6) is -1.38. The molecule has 0 bridgehead atoms. The van der Waals surface area contributed by atoms with Crippen LogP contribution in [-0.4, -0.2) is 31.3 Å². The predicted molar refractivity (Wildman–Crippen MR) is 119 cm³/mol. The van der Waals surface area contributed by atoms with Gasteiger partial charge < -0.3 is 14.6 Å². The summed E-state index contributed by atoms with van der Waals surface area (Å²) in [7, 11) is 1.44. The number of aromatic nitrogens is 4. The van der Waals surface area contributed by atoms with Gasteiger partial charge in [0, 0.05) is 18.7 Å². The molecule has 0 saturated carbocycles. The van der Waals surface area contributed by atoms with Gasteiger partial charge in [-0.05, 0) is 18.2 Å². The van der Waals surface area contributed by atoms with Gasteiger partial charge in [-0.3, -0.25) is 28.7 Å². The maximum absolute atomic E-state index is 13.4. The number of aromatic amines is 2. The summed E-state index contributed by atoms with van der Waals surface area (Å²) in [6.45, 7) is 6.91. The Morgan fingerprint density at radius 2 is 1.73 bits per heavy atom. The smallest absolute Gasteiger partial charge is 0.331 e. The third-order valence-corrected chi connectivity index (χ3v) is 5.33. The van der Waals surface area contributed by atoms with Crippen molar-refractivity contribution in [3.63, 3.8) is 0 Å². The van der Waals surface area contributed by atoms with E-state index in [-0.39, 0.29) is 35.8 Å². The predicted octanol–water partition coefficient (Wildman–Crippen LogP) is 0.759. The van der Waals surface area contributed by atoms with Gasteiger partial charge in [-0.2, -0.15) is 0 Å². The highest BCUT2D eigenvalue weighted by Gasteiger charge is 2.38. The zero-order chi connectivity index (χ0) is 23.9. The second-order valence-electron chi connectivity index (χ2n) is 7.21. The van der Waals surface area contributed by atoms with E-state index < -0.39 is 34.3 Å². The summed E-state index contributed by atoms with van der Waals surface area (Å²) in [5, 5.41) is 11.0. The zero-order valence-corrected chi connectivity index (χ0v) is 17.6. The van der Waals surface area contributed by atoms with Gasteiger partial charge >= 0.3 is 11.4 Å². The molecule has 11 heteroatoms. The average molecular weight is 452 g/mol. The minimum Gasteiger partial charge on any atom is -0.497 e. The van der Waals surface area contributed by atoms with Crippen LogP contribution in [0.2, 0.25) is 0 Å². The lowest BCUT2D eigenvalue weighted by Crippen LogP contribution is -2.41. The highest BCUT2D eigenvalue weighted by Crippen LogP contribution is 2.46. The van der Waals surface area contributed by atoms with Crippen molar-refractivity contribution in [2.24, 2.45) is 0 Å². The molecular formula is C22H20N4O7. The minimum absolute atomic E-state index is 0.0954. The number of allylic oxidation sites excluding steroid dienone is 2. The van der Waals surface area contributed by atoms with Crippen molar-refractivity contribution >= 4 is 0 Å². The van der Waals surface area contributed by atoms with Crippen molar-refractivity contribution in [1.82, 2.24) is 19.1 Å². The van der Waals surface area contributed by atoms with Crippen LogP contribution in [0.15, 0.2) is 62.7 Å². The molecule has 3 N–H and O–H groups in total. The fourth-order valence-corrected chi connectivity index (χ4v) is 3.87. The first-order valence-electron chi connectivity index (χ1n) is 9.82. The molecule has 4 rings (SSSR count). The van der Waals surface area contributed by atoms with Crippen LogP contribution in [0.1, 0.15) is 22.6 Å². The topological polar surface area (TPSA) is 148 Å². The Labute approximate surface area is 185 Å². The van der Waals surface area contributed by atoms with Crippen molar-refractivity contribution in [2.75, 3.05) is 7.11 Å². The summed E-state index contributed by atoms with van der Waals surface area (Å²) >= 11 is 0. The summed E-state index contributed by atoms with van der Waals surface area (Å²) in [4.78, 5) is 55.7. The van der Waals surface area contributed by atoms with Gasteiger partial charge in [-0.1, -0.05) is 12.2 Å². The molecule has 170 valence electrons. The van der Waals surface area contributed by atoms with Crippen molar-refractivity contribution in [1.29, 1.82) is 0 Å². The first-order valence-corrected chi connectivity index (χ1v) is 9.82. The Kier molecular flexibility index (Phi) is 5.38. The molecule has 33 heavy (non-hydrogen) atoms. The van der Waals surface area contributed by atoms with Crippen LogP contribution in [0.25, 0.3) is 0 Å². The van der Waals surface area contributed by atoms with Gasteiger partial charge in [0.15, 0.2) is 0 Å². The highest BCUT2D eigenvalue weighted by molar-refractivity contribution is 5.58. The lowest BCUT2D eigenvalue weighted by molar-refractivity contribution is 0.388. The van der Waals surface area contributed by atoms with Crippen LogP contribution in [0.4, 0.5) is 0 Å². The molecule has 0 aliphatic carbocycles. The molecule has 0 spiro atoms. The highest BCUT2D eigenvalue weighted by atomic mass is 16.5. The molecule has 1 atom stereocenters. The molecule has 0 saturated heterocycles. The van der Waals surface area contributed by atoms with E-state index in [9.17, 15) is 24.3 Å². The molecule has 1 aliphatic rings. The Balaban J connectivity index is 2.16. The minimum atomic E-state index is -1.19. The SMILES string of the molecule is C=CCn1c(O)c(C2c3cc(OC)ccc3Oc3[nH]c(=O)n(CC=C)c(=O)c32)c(=O)[nH]c1=O. The van der Waals surface area contributed by atoms with Crippen LogP contribution >= 0.6 is 0 Å². The summed E-state index contributed by atoms with van der Waals surface area (Å²) in [5.41, 5.74) is -3.26. The number of H-pyrrole nitrogens is 2. The fraction of sp³-hybridized carbons (Fsp3) is 0.182. The standard InChI is InChI=1S/C22H20N4O7/c1-4-8-25-19(28)15(17(27)23-21(25)30)14-12-10-11(32-3)6-7-13(12)33-18-16(14)20(29)26(9-5-2)22(31)24-18/h4-7,10,14,28H,1-2,8-9H2,3H3,(H,24,31)(H,23,27,30). The lowest BCUT2D eigenvalue weighted by Gasteiger charge is -2.28. The fourth-order valence-electron chi connectivity index (χ4n) is 3.87. The van der Waals surface area contributed by atoms with Crippen molar-refractivity contribution in [3.8, 4) is 23.3 Å². The second kappa shape index (κ2) is 8.19. The quantitative estimate of drug-likeness (QED) is 0.366. The van der Waals surface area contributed by atoms with E-state index in [0.29, 0.717) is 11.3 Å². The molecule has 3 aromatic rings. The summed E-state index contributed by atoms with van der Waals surface area (Å²) in [6, 6.07) is 4.69. The maximum Gasteiger partial charge on any atom is 0.331 e. The Bertz CT molecular complexity index is 1520.